The second kappa shape index (κ2) is 6.42. The third-order valence-electron chi connectivity index (χ3n) is 3.44. The summed E-state index contributed by atoms with van der Waals surface area (Å²) in [5.41, 5.74) is 3.41. The Morgan fingerprint density at radius 3 is 2.55 bits per heavy atom. The van der Waals surface area contributed by atoms with Crippen LogP contribution in [0.25, 0.3) is 0 Å². The molecular formula is C17H20FNS. The second-order valence-electron chi connectivity index (χ2n) is 5.04. The van der Waals surface area contributed by atoms with E-state index < -0.39 is 0 Å². The van der Waals surface area contributed by atoms with Crippen molar-refractivity contribution in [2.75, 3.05) is 7.05 Å². The van der Waals surface area contributed by atoms with Crippen LogP contribution in [0, 0.1) is 19.7 Å². The topological polar surface area (TPSA) is 12.0 Å². The molecule has 0 aliphatic carbocycles. The fourth-order valence-electron chi connectivity index (χ4n) is 2.15. The molecule has 2 aromatic rings. The predicted molar refractivity (Wildman–Crippen MR) is 83.9 cm³/mol. The molecule has 0 aliphatic rings. The van der Waals surface area contributed by atoms with E-state index in [9.17, 15) is 4.39 Å². The van der Waals surface area contributed by atoms with E-state index in [1.54, 1.807) is 6.07 Å². The van der Waals surface area contributed by atoms with Crippen molar-refractivity contribution < 1.29 is 4.39 Å². The lowest BCUT2D eigenvalue weighted by Gasteiger charge is -2.17. The summed E-state index contributed by atoms with van der Waals surface area (Å²) in [6, 6.07) is 11.7. The molecule has 2 aromatic carbocycles. The Bertz CT molecular complexity index is 610. The lowest BCUT2D eigenvalue weighted by Crippen LogP contribution is -2.13. The number of hydrogen-bond donors (Lipinski definition) is 1. The number of halogens is 1. The average molecular weight is 289 g/mol. The molecule has 20 heavy (non-hydrogen) atoms. The van der Waals surface area contributed by atoms with Crippen molar-refractivity contribution >= 4 is 11.8 Å². The molecule has 0 aliphatic heterocycles. The average Bonchev–Trinajstić information content (AvgIpc) is 2.42. The summed E-state index contributed by atoms with van der Waals surface area (Å²) in [6.45, 7) is 6.18. The smallest absolute Gasteiger partial charge is 0.137 e. The van der Waals surface area contributed by atoms with E-state index in [4.69, 9.17) is 0 Å². The van der Waals surface area contributed by atoms with Gasteiger partial charge in [0.05, 0.1) is 4.90 Å². The SMILES string of the molecule is CNC(C)c1cccc(F)c1Sc1ccc(C)cc1C. The van der Waals surface area contributed by atoms with Gasteiger partial charge in [0, 0.05) is 10.9 Å². The van der Waals surface area contributed by atoms with Gasteiger partial charge in [-0.3, -0.25) is 0 Å². The summed E-state index contributed by atoms with van der Waals surface area (Å²) in [6.07, 6.45) is 0. The zero-order valence-electron chi connectivity index (χ0n) is 12.3. The van der Waals surface area contributed by atoms with Crippen molar-refractivity contribution in [3.63, 3.8) is 0 Å². The standard InChI is InChI=1S/C17H20FNS/c1-11-8-9-16(12(2)10-11)20-17-14(13(3)19-4)6-5-7-15(17)18/h5-10,13,19H,1-4H3. The largest absolute Gasteiger partial charge is 0.313 e. The van der Waals surface area contributed by atoms with Crippen LogP contribution in [0.15, 0.2) is 46.2 Å². The number of benzene rings is 2. The van der Waals surface area contributed by atoms with Crippen molar-refractivity contribution in [1.82, 2.24) is 5.32 Å². The van der Waals surface area contributed by atoms with Gasteiger partial charge in [0.2, 0.25) is 0 Å². The number of rotatable bonds is 4. The molecule has 0 spiro atoms. The number of hydrogen-bond acceptors (Lipinski definition) is 2. The highest BCUT2D eigenvalue weighted by molar-refractivity contribution is 7.99. The van der Waals surface area contributed by atoms with E-state index in [1.807, 2.05) is 20.0 Å². The van der Waals surface area contributed by atoms with Gasteiger partial charge in [0.1, 0.15) is 5.82 Å². The first kappa shape index (κ1) is 15.1. The molecule has 0 amide bonds. The fraction of sp³-hybridized carbons (Fsp3) is 0.294. The van der Waals surface area contributed by atoms with Crippen LogP contribution in [0.5, 0.6) is 0 Å². The Morgan fingerprint density at radius 2 is 1.90 bits per heavy atom. The van der Waals surface area contributed by atoms with Crippen molar-refractivity contribution in [3.8, 4) is 0 Å². The maximum absolute atomic E-state index is 14.2. The monoisotopic (exact) mass is 289 g/mol. The Kier molecular flexibility index (Phi) is 4.84. The van der Waals surface area contributed by atoms with Crippen molar-refractivity contribution in [2.45, 2.75) is 36.6 Å². The van der Waals surface area contributed by atoms with Crippen LogP contribution in [-0.4, -0.2) is 7.05 Å². The molecule has 0 saturated carbocycles. The lowest BCUT2D eigenvalue weighted by atomic mass is 10.1. The molecule has 3 heteroatoms. The molecule has 1 nitrogen and oxygen atoms in total. The third kappa shape index (κ3) is 3.22. The molecule has 106 valence electrons. The zero-order valence-corrected chi connectivity index (χ0v) is 13.1. The first-order valence-corrected chi connectivity index (χ1v) is 7.55. The minimum Gasteiger partial charge on any atom is -0.313 e. The molecule has 1 unspecified atom stereocenters. The van der Waals surface area contributed by atoms with Crippen molar-refractivity contribution in [1.29, 1.82) is 0 Å². The molecule has 1 atom stereocenters. The number of nitrogens with one attached hydrogen (secondary N) is 1. The minimum atomic E-state index is -0.158. The van der Waals surface area contributed by atoms with Crippen molar-refractivity contribution in [3.05, 3.63) is 58.9 Å². The van der Waals surface area contributed by atoms with E-state index in [-0.39, 0.29) is 11.9 Å². The molecule has 2 rings (SSSR count). The molecule has 0 heterocycles. The molecule has 0 saturated heterocycles. The van der Waals surface area contributed by atoms with Crippen LogP contribution in [0.2, 0.25) is 0 Å². The van der Waals surface area contributed by atoms with Gasteiger partial charge in [0.25, 0.3) is 0 Å². The first-order chi connectivity index (χ1) is 9.52. The molecule has 1 N–H and O–H groups in total. The summed E-state index contributed by atoms with van der Waals surface area (Å²) in [5.74, 6) is -0.158. The van der Waals surface area contributed by atoms with E-state index in [1.165, 1.54) is 29.0 Å². The van der Waals surface area contributed by atoms with Gasteiger partial charge in [0.15, 0.2) is 0 Å². The summed E-state index contributed by atoms with van der Waals surface area (Å²) in [5, 5.41) is 3.18. The van der Waals surface area contributed by atoms with E-state index in [2.05, 4.69) is 37.4 Å². The summed E-state index contributed by atoms with van der Waals surface area (Å²) >= 11 is 1.50. The summed E-state index contributed by atoms with van der Waals surface area (Å²) in [7, 11) is 1.89. The van der Waals surface area contributed by atoms with E-state index in [0.717, 1.165) is 10.5 Å². The van der Waals surface area contributed by atoms with Crippen LogP contribution in [0.1, 0.15) is 29.7 Å². The van der Waals surface area contributed by atoms with Gasteiger partial charge in [-0.05, 0) is 51.1 Å². The van der Waals surface area contributed by atoms with E-state index >= 15 is 0 Å². The normalized spacial score (nSPS) is 12.4. The van der Waals surface area contributed by atoms with Gasteiger partial charge in [-0.25, -0.2) is 4.39 Å². The summed E-state index contributed by atoms with van der Waals surface area (Å²) < 4.78 is 14.2. The maximum atomic E-state index is 14.2. The maximum Gasteiger partial charge on any atom is 0.137 e. The van der Waals surface area contributed by atoms with Gasteiger partial charge < -0.3 is 5.32 Å². The fourth-order valence-corrected chi connectivity index (χ4v) is 3.26. The Balaban J connectivity index is 2.42. The quantitative estimate of drug-likeness (QED) is 0.861. The van der Waals surface area contributed by atoms with Crippen LogP contribution in [0.4, 0.5) is 4.39 Å². The Hall–Kier alpha value is -1.32. The lowest BCUT2D eigenvalue weighted by molar-refractivity contribution is 0.576. The molecular weight excluding hydrogens is 269 g/mol. The van der Waals surface area contributed by atoms with E-state index in [0.29, 0.717) is 4.90 Å². The minimum absolute atomic E-state index is 0.124. The zero-order chi connectivity index (χ0) is 14.7. The Morgan fingerprint density at radius 1 is 1.15 bits per heavy atom. The number of aryl methyl sites for hydroxylation is 2. The summed E-state index contributed by atoms with van der Waals surface area (Å²) in [4.78, 5) is 1.81. The molecule has 0 fully saturated rings. The van der Waals surface area contributed by atoms with Crippen LogP contribution < -0.4 is 5.32 Å². The van der Waals surface area contributed by atoms with Gasteiger partial charge >= 0.3 is 0 Å². The van der Waals surface area contributed by atoms with Crippen LogP contribution in [-0.2, 0) is 0 Å². The highest BCUT2D eigenvalue weighted by atomic mass is 32.2. The van der Waals surface area contributed by atoms with Gasteiger partial charge in [-0.1, -0.05) is 41.6 Å². The van der Waals surface area contributed by atoms with Crippen LogP contribution >= 0.6 is 11.8 Å². The second-order valence-corrected chi connectivity index (χ2v) is 6.09. The van der Waals surface area contributed by atoms with Gasteiger partial charge in [-0.2, -0.15) is 0 Å². The molecule has 0 radical (unpaired) electrons. The third-order valence-corrected chi connectivity index (χ3v) is 4.75. The predicted octanol–water partition coefficient (Wildman–Crippen LogP) is 4.87. The van der Waals surface area contributed by atoms with Crippen molar-refractivity contribution in [2.24, 2.45) is 0 Å². The van der Waals surface area contributed by atoms with Gasteiger partial charge in [-0.15, -0.1) is 0 Å². The molecule has 0 aromatic heterocycles. The van der Waals surface area contributed by atoms with Crippen LogP contribution in [0.3, 0.4) is 0 Å². The molecule has 0 bridgehead atoms. The highest BCUT2D eigenvalue weighted by Crippen LogP contribution is 2.37. The first-order valence-electron chi connectivity index (χ1n) is 6.73. The highest BCUT2D eigenvalue weighted by Gasteiger charge is 2.15. The Labute approximate surface area is 124 Å².